The van der Waals surface area contributed by atoms with Crippen LogP contribution in [0.2, 0.25) is 0 Å². The number of carbonyl (C=O) groups is 1. The first-order valence-corrected chi connectivity index (χ1v) is 11.7. The first-order valence-electron chi connectivity index (χ1n) is 10.2. The normalized spacial score (nSPS) is 19.2. The van der Waals surface area contributed by atoms with Crippen molar-refractivity contribution in [1.29, 1.82) is 0 Å². The molecule has 0 aromatic heterocycles. The predicted octanol–water partition coefficient (Wildman–Crippen LogP) is 5.16. The van der Waals surface area contributed by atoms with E-state index in [1.807, 2.05) is 6.92 Å². The van der Waals surface area contributed by atoms with Gasteiger partial charge in [0.05, 0.1) is 22.6 Å². The molecule has 3 aromatic carbocycles. The fraction of sp³-hybridized carbons (Fsp3) is 0.160. The van der Waals surface area contributed by atoms with Crippen molar-refractivity contribution in [3.8, 4) is 0 Å². The van der Waals surface area contributed by atoms with Crippen molar-refractivity contribution in [1.82, 2.24) is 4.31 Å². The molecule has 0 spiro atoms. The van der Waals surface area contributed by atoms with Gasteiger partial charge < -0.3 is 5.11 Å². The Hall–Kier alpha value is -3.36. The number of aryl methyl sites for hydroxylation is 1. The van der Waals surface area contributed by atoms with Crippen LogP contribution in [-0.4, -0.2) is 23.8 Å². The van der Waals surface area contributed by atoms with E-state index in [0.29, 0.717) is 11.1 Å². The highest BCUT2D eigenvalue weighted by Crippen LogP contribution is 2.45. The lowest BCUT2D eigenvalue weighted by Crippen LogP contribution is -2.42. The molecule has 1 N–H and O–H groups in total. The van der Waals surface area contributed by atoms with Crippen molar-refractivity contribution in [3.05, 3.63) is 113 Å². The molecule has 0 radical (unpaired) electrons. The summed E-state index contributed by atoms with van der Waals surface area (Å²) in [6, 6.07) is 14.7. The predicted molar refractivity (Wildman–Crippen MR) is 119 cm³/mol. The minimum atomic E-state index is -4.25. The van der Waals surface area contributed by atoms with Crippen LogP contribution in [0.3, 0.4) is 0 Å². The van der Waals surface area contributed by atoms with E-state index in [1.54, 1.807) is 18.2 Å². The van der Waals surface area contributed by atoms with E-state index in [2.05, 4.69) is 0 Å². The number of carboxylic acid groups (broad SMARTS) is 1. The first-order chi connectivity index (χ1) is 15.7. The Balaban J connectivity index is 1.97. The SMILES string of the molecule is Cc1ccc(S(=O)(=O)N2[C@@H](c3ccc(F)cc3)C(C(=O)O)=CC[C@H]2c2cccc(F)c2)cc1. The molecule has 2 atom stereocenters. The molecule has 0 saturated carbocycles. The van der Waals surface area contributed by atoms with Crippen molar-refractivity contribution in [2.75, 3.05) is 0 Å². The lowest BCUT2D eigenvalue weighted by atomic mass is 9.89. The highest BCUT2D eigenvalue weighted by molar-refractivity contribution is 7.89. The zero-order valence-corrected chi connectivity index (χ0v) is 18.5. The third-order valence-electron chi connectivity index (χ3n) is 5.68. The number of halogens is 2. The van der Waals surface area contributed by atoms with Gasteiger partial charge in [0.15, 0.2) is 0 Å². The molecule has 33 heavy (non-hydrogen) atoms. The van der Waals surface area contributed by atoms with Crippen molar-refractivity contribution in [3.63, 3.8) is 0 Å². The van der Waals surface area contributed by atoms with Crippen molar-refractivity contribution in [2.45, 2.75) is 30.3 Å². The van der Waals surface area contributed by atoms with E-state index in [1.165, 1.54) is 48.5 Å². The largest absolute Gasteiger partial charge is 0.478 e. The minimum absolute atomic E-state index is 0.0201. The number of aliphatic carboxylic acids is 1. The van der Waals surface area contributed by atoms with Gasteiger partial charge in [-0.05, 0) is 60.9 Å². The van der Waals surface area contributed by atoms with Gasteiger partial charge in [0.2, 0.25) is 10.0 Å². The van der Waals surface area contributed by atoms with Crippen LogP contribution in [0.25, 0.3) is 0 Å². The van der Waals surface area contributed by atoms with E-state index >= 15 is 0 Å². The lowest BCUT2D eigenvalue weighted by molar-refractivity contribution is -0.133. The molecule has 1 aliphatic heterocycles. The summed E-state index contributed by atoms with van der Waals surface area (Å²) < 4.78 is 56.6. The number of rotatable bonds is 5. The maximum atomic E-state index is 14.1. The second kappa shape index (κ2) is 8.88. The van der Waals surface area contributed by atoms with Crippen molar-refractivity contribution in [2.24, 2.45) is 0 Å². The average molecular weight is 470 g/mol. The minimum Gasteiger partial charge on any atom is -0.478 e. The highest BCUT2D eigenvalue weighted by Gasteiger charge is 2.44. The summed E-state index contributed by atoms with van der Waals surface area (Å²) in [6.45, 7) is 1.82. The van der Waals surface area contributed by atoms with Gasteiger partial charge in [-0.2, -0.15) is 4.31 Å². The molecule has 1 aliphatic rings. The van der Waals surface area contributed by atoms with Crippen LogP contribution in [-0.2, 0) is 14.8 Å². The summed E-state index contributed by atoms with van der Waals surface area (Å²) in [7, 11) is -4.25. The topological polar surface area (TPSA) is 74.7 Å². The van der Waals surface area contributed by atoms with Gasteiger partial charge in [0, 0.05) is 0 Å². The van der Waals surface area contributed by atoms with Crippen LogP contribution < -0.4 is 0 Å². The van der Waals surface area contributed by atoms with Crippen LogP contribution in [0.15, 0.2) is 89.3 Å². The van der Waals surface area contributed by atoms with Crippen molar-refractivity contribution >= 4 is 16.0 Å². The van der Waals surface area contributed by atoms with Crippen LogP contribution in [0.5, 0.6) is 0 Å². The van der Waals surface area contributed by atoms with E-state index in [-0.39, 0.29) is 16.9 Å². The molecule has 4 rings (SSSR count). The van der Waals surface area contributed by atoms with E-state index in [0.717, 1.165) is 22.0 Å². The third kappa shape index (κ3) is 4.44. The number of hydrogen-bond acceptors (Lipinski definition) is 3. The molecule has 0 amide bonds. The van der Waals surface area contributed by atoms with Gasteiger partial charge in [-0.15, -0.1) is 0 Å². The zero-order valence-electron chi connectivity index (χ0n) is 17.7. The van der Waals surface area contributed by atoms with Gasteiger partial charge >= 0.3 is 5.97 Å². The molecule has 170 valence electrons. The summed E-state index contributed by atoms with van der Waals surface area (Å²) in [5.41, 5.74) is 1.39. The Labute approximate surface area is 190 Å². The van der Waals surface area contributed by atoms with Gasteiger partial charge in [0.25, 0.3) is 0 Å². The van der Waals surface area contributed by atoms with Crippen LogP contribution in [0.4, 0.5) is 8.78 Å². The van der Waals surface area contributed by atoms with E-state index in [9.17, 15) is 27.1 Å². The Morgan fingerprint density at radius 3 is 2.21 bits per heavy atom. The van der Waals surface area contributed by atoms with Gasteiger partial charge in [0.1, 0.15) is 11.6 Å². The first kappa shape index (κ1) is 22.8. The zero-order chi connectivity index (χ0) is 23.8. The van der Waals surface area contributed by atoms with Gasteiger partial charge in [-0.1, -0.05) is 48.0 Å². The van der Waals surface area contributed by atoms with Gasteiger partial charge in [-0.3, -0.25) is 0 Å². The number of carboxylic acids is 1. The Morgan fingerprint density at radius 1 is 0.939 bits per heavy atom. The number of nitrogens with zero attached hydrogens (tertiary/aromatic N) is 1. The van der Waals surface area contributed by atoms with E-state index in [4.69, 9.17) is 0 Å². The highest BCUT2D eigenvalue weighted by atomic mass is 32.2. The summed E-state index contributed by atoms with van der Waals surface area (Å²) >= 11 is 0. The number of hydrogen-bond donors (Lipinski definition) is 1. The molecular weight excluding hydrogens is 448 g/mol. The number of sulfonamides is 1. The van der Waals surface area contributed by atoms with Crippen molar-refractivity contribution < 1.29 is 27.1 Å². The fourth-order valence-electron chi connectivity index (χ4n) is 4.08. The summed E-state index contributed by atoms with van der Waals surface area (Å²) in [6.07, 6.45) is 1.49. The molecule has 0 unspecified atom stereocenters. The maximum Gasteiger partial charge on any atom is 0.333 e. The molecule has 0 fully saturated rings. The molecule has 0 aliphatic carbocycles. The summed E-state index contributed by atoms with van der Waals surface area (Å²) in [5, 5.41) is 9.89. The second-order valence-electron chi connectivity index (χ2n) is 7.87. The second-order valence-corrected chi connectivity index (χ2v) is 9.72. The lowest BCUT2D eigenvalue weighted by Gasteiger charge is -2.40. The third-order valence-corrected chi connectivity index (χ3v) is 7.57. The molecule has 0 saturated heterocycles. The van der Waals surface area contributed by atoms with E-state index < -0.39 is 39.7 Å². The molecule has 5 nitrogen and oxygen atoms in total. The molecule has 1 heterocycles. The molecule has 3 aromatic rings. The van der Waals surface area contributed by atoms with Crippen LogP contribution >= 0.6 is 0 Å². The molecule has 0 bridgehead atoms. The molecular formula is C25H21F2NO4S. The van der Waals surface area contributed by atoms with Crippen LogP contribution in [0.1, 0.15) is 35.2 Å². The number of benzene rings is 3. The van der Waals surface area contributed by atoms with Gasteiger partial charge in [-0.25, -0.2) is 22.0 Å². The molecule has 8 heteroatoms. The Morgan fingerprint density at radius 2 is 1.61 bits per heavy atom. The smallest absolute Gasteiger partial charge is 0.333 e. The summed E-state index contributed by atoms with van der Waals surface area (Å²) in [5.74, 6) is -2.36. The average Bonchev–Trinajstić information content (AvgIpc) is 2.79. The quantitative estimate of drug-likeness (QED) is 0.560. The fourth-order valence-corrected chi connectivity index (χ4v) is 5.86. The monoisotopic (exact) mass is 469 g/mol. The Kier molecular flexibility index (Phi) is 6.14. The standard InChI is InChI=1S/C25H21F2NO4S/c1-16-5-11-21(12-6-16)33(31,32)28-23(18-3-2-4-20(27)15-18)14-13-22(25(29)30)24(28)17-7-9-19(26)10-8-17/h2-13,15,23-24H,14H2,1H3,(H,29,30)/t23-,24-/m0/s1. The van der Waals surface area contributed by atoms with Crippen LogP contribution in [0, 0.1) is 18.6 Å². The Bertz CT molecular complexity index is 1320. The maximum absolute atomic E-state index is 14.1. The summed E-state index contributed by atoms with van der Waals surface area (Å²) in [4.78, 5) is 12.1.